The zero-order chi connectivity index (χ0) is 12.9. The molecule has 1 unspecified atom stereocenters. The lowest BCUT2D eigenvalue weighted by Crippen LogP contribution is -2.36. The van der Waals surface area contributed by atoms with Crippen molar-refractivity contribution < 1.29 is 0 Å². The van der Waals surface area contributed by atoms with E-state index in [0.717, 1.165) is 31.6 Å². The van der Waals surface area contributed by atoms with Gasteiger partial charge in [0.15, 0.2) is 5.82 Å². The van der Waals surface area contributed by atoms with Gasteiger partial charge in [-0.25, -0.2) is 4.68 Å². The summed E-state index contributed by atoms with van der Waals surface area (Å²) < 4.78 is 1.97. The van der Waals surface area contributed by atoms with E-state index in [2.05, 4.69) is 55.5 Å². The molecule has 0 aliphatic carbocycles. The highest BCUT2D eigenvalue weighted by atomic mass is 15.6. The molecule has 1 aromatic heterocycles. The van der Waals surface area contributed by atoms with Crippen molar-refractivity contribution in [2.24, 2.45) is 0 Å². The third-order valence-corrected chi connectivity index (χ3v) is 2.78. The van der Waals surface area contributed by atoms with Crippen LogP contribution in [0.3, 0.4) is 0 Å². The molecule has 98 valence electrons. The fourth-order valence-corrected chi connectivity index (χ4v) is 1.79. The maximum atomic E-state index is 4.12. The van der Waals surface area contributed by atoms with Gasteiger partial charge in [-0.2, -0.15) is 0 Å². The zero-order valence-electron chi connectivity index (χ0n) is 11.7. The van der Waals surface area contributed by atoms with E-state index >= 15 is 0 Å². The van der Waals surface area contributed by atoms with Crippen molar-refractivity contribution in [1.29, 1.82) is 0 Å². The maximum Gasteiger partial charge on any atom is 0.165 e. The fraction of sp³-hybridized carbons (Fsp3) is 0.917. The first-order valence-electron chi connectivity index (χ1n) is 6.49. The summed E-state index contributed by atoms with van der Waals surface area (Å²) in [6, 6.07) is 0.423. The molecule has 0 saturated heterocycles. The zero-order valence-corrected chi connectivity index (χ0v) is 11.7. The summed E-state index contributed by atoms with van der Waals surface area (Å²) in [6.45, 7) is 11.5. The SMILES string of the molecule is CCCC(CC)n1nnnc1CNC(C)(C)C. The molecule has 5 heteroatoms. The maximum absolute atomic E-state index is 4.12. The minimum absolute atomic E-state index is 0.0866. The summed E-state index contributed by atoms with van der Waals surface area (Å²) in [5, 5.41) is 15.5. The number of tetrazole rings is 1. The molecule has 0 aliphatic rings. The second-order valence-corrected chi connectivity index (χ2v) is 5.49. The lowest BCUT2D eigenvalue weighted by atomic mass is 10.1. The normalized spacial score (nSPS) is 13.9. The Bertz CT molecular complexity index is 326. The molecule has 0 fully saturated rings. The summed E-state index contributed by atoms with van der Waals surface area (Å²) in [7, 11) is 0. The van der Waals surface area contributed by atoms with E-state index < -0.39 is 0 Å². The topological polar surface area (TPSA) is 55.6 Å². The average Bonchev–Trinajstić information content (AvgIpc) is 2.70. The number of rotatable bonds is 6. The molecule has 1 atom stereocenters. The van der Waals surface area contributed by atoms with Gasteiger partial charge in [0.05, 0.1) is 12.6 Å². The van der Waals surface area contributed by atoms with Crippen LogP contribution in [0.2, 0.25) is 0 Å². The van der Waals surface area contributed by atoms with Crippen LogP contribution in [-0.4, -0.2) is 25.7 Å². The van der Waals surface area contributed by atoms with Crippen LogP contribution in [-0.2, 0) is 6.54 Å². The van der Waals surface area contributed by atoms with Crippen LogP contribution in [0.15, 0.2) is 0 Å². The quantitative estimate of drug-likeness (QED) is 0.827. The predicted octanol–water partition coefficient (Wildman–Crippen LogP) is 2.31. The van der Waals surface area contributed by atoms with Crippen molar-refractivity contribution in [3.05, 3.63) is 5.82 Å². The van der Waals surface area contributed by atoms with Crippen LogP contribution in [0.1, 0.15) is 65.7 Å². The Kier molecular flexibility index (Phi) is 5.05. The van der Waals surface area contributed by atoms with E-state index in [1.165, 1.54) is 0 Å². The van der Waals surface area contributed by atoms with Crippen molar-refractivity contribution in [3.63, 3.8) is 0 Å². The van der Waals surface area contributed by atoms with Gasteiger partial charge in [0.25, 0.3) is 0 Å². The molecular weight excluding hydrogens is 214 g/mol. The third-order valence-electron chi connectivity index (χ3n) is 2.78. The Hall–Kier alpha value is -0.970. The van der Waals surface area contributed by atoms with Crippen molar-refractivity contribution in [3.8, 4) is 0 Å². The molecule has 1 heterocycles. The molecule has 0 aromatic carbocycles. The van der Waals surface area contributed by atoms with Gasteiger partial charge in [0, 0.05) is 5.54 Å². The molecule has 0 bridgehead atoms. The molecule has 0 saturated carbocycles. The highest BCUT2D eigenvalue weighted by Crippen LogP contribution is 2.17. The van der Waals surface area contributed by atoms with Crippen molar-refractivity contribution in [2.75, 3.05) is 0 Å². The second kappa shape index (κ2) is 6.10. The Morgan fingerprint density at radius 3 is 2.53 bits per heavy atom. The average molecular weight is 239 g/mol. The highest BCUT2D eigenvalue weighted by molar-refractivity contribution is 4.86. The lowest BCUT2D eigenvalue weighted by Gasteiger charge is -2.21. The van der Waals surface area contributed by atoms with Crippen LogP contribution >= 0.6 is 0 Å². The summed E-state index contributed by atoms with van der Waals surface area (Å²) in [5.41, 5.74) is 0.0866. The van der Waals surface area contributed by atoms with Crippen LogP contribution in [0.4, 0.5) is 0 Å². The van der Waals surface area contributed by atoms with E-state index in [1.54, 1.807) is 0 Å². The molecule has 0 amide bonds. The third kappa shape index (κ3) is 4.42. The molecule has 5 nitrogen and oxygen atoms in total. The van der Waals surface area contributed by atoms with Gasteiger partial charge >= 0.3 is 0 Å². The van der Waals surface area contributed by atoms with Crippen molar-refractivity contribution >= 4 is 0 Å². The van der Waals surface area contributed by atoms with Gasteiger partial charge in [0.1, 0.15) is 0 Å². The Labute approximate surface area is 104 Å². The van der Waals surface area contributed by atoms with Crippen molar-refractivity contribution in [2.45, 2.75) is 72.0 Å². The summed E-state index contributed by atoms with van der Waals surface area (Å²) in [4.78, 5) is 0. The molecule has 1 N–H and O–H groups in total. The minimum atomic E-state index is 0.0866. The molecule has 17 heavy (non-hydrogen) atoms. The molecule has 1 rings (SSSR count). The summed E-state index contributed by atoms with van der Waals surface area (Å²) in [6.07, 6.45) is 3.36. The van der Waals surface area contributed by atoms with Gasteiger partial charge in [0.2, 0.25) is 0 Å². The Morgan fingerprint density at radius 1 is 1.29 bits per heavy atom. The molecular formula is C12H25N5. The van der Waals surface area contributed by atoms with Crippen molar-refractivity contribution in [1.82, 2.24) is 25.5 Å². The van der Waals surface area contributed by atoms with E-state index in [0.29, 0.717) is 6.04 Å². The predicted molar refractivity (Wildman–Crippen MR) is 68.6 cm³/mol. The highest BCUT2D eigenvalue weighted by Gasteiger charge is 2.16. The van der Waals surface area contributed by atoms with Crippen LogP contribution < -0.4 is 5.32 Å². The lowest BCUT2D eigenvalue weighted by molar-refractivity contribution is 0.364. The van der Waals surface area contributed by atoms with Crippen LogP contribution in [0.25, 0.3) is 0 Å². The molecule has 0 spiro atoms. The van der Waals surface area contributed by atoms with Gasteiger partial charge < -0.3 is 5.32 Å². The fourth-order valence-electron chi connectivity index (χ4n) is 1.79. The monoisotopic (exact) mass is 239 g/mol. The van der Waals surface area contributed by atoms with E-state index in [1.807, 2.05) is 4.68 Å². The smallest absolute Gasteiger partial charge is 0.165 e. The van der Waals surface area contributed by atoms with Gasteiger partial charge in [-0.1, -0.05) is 20.3 Å². The summed E-state index contributed by atoms with van der Waals surface area (Å²) in [5.74, 6) is 0.931. The number of hydrogen-bond donors (Lipinski definition) is 1. The standard InChI is InChI=1S/C12H25N5/c1-6-8-10(7-2)17-11(14-15-16-17)9-13-12(3,4)5/h10,13H,6-9H2,1-5H3. The molecule has 0 aliphatic heterocycles. The van der Waals surface area contributed by atoms with Crippen LogP contribution in [0.5, 0.6) is 0 Å². The number of aromatic nitrogens is 4. The minimum Gasteiger partial charge on any atom is -0.305 e. The van der Waals surface area contributed by atoms with E-state index in [4.69, 9.17) is 0 Å². The first-order valence-corrected chi connectivity index (χ1v) is 6.49. The van der Waals surface area contributed by atoms with Gasteiger partial charge in [-0.05, 0) is 44.0 Å². The van der Waals surface area contributed by atoms with Gasteiger partial charge in [-0.15, -0.1) is 5.10 Å². The first-order chi connectivity index (χ1) is 7.98. The number of nitrogens with one attached hydrogen (secondary N) is 1. The number of nitrogens with zero attached hydrogens (tertiary/aromatic N) is 4. The number of hydrogen-bond acceptors (Lipinski definition) is 4. The molecule has 0 radical (unpaired) electrons. The Morgan fingerprint density at radius 2 is 2.00 bits per heavy atom. The Balaban J connectivity index is 2.70. The summed E-state index contributed by atoms with van der Waals surface area (Å²) >= 11 is 0. The van der Waals surface area contributed by atoms with Crippen LogP contribution in [0, 0.1) is 0 Å². The van der Waals surface area contributed by atoms with Gasteiger partial charge in [-0.3, -0.25) is 0 Å². The van der Waals surface area contributed by atoms with E-state index in [-0.39, 0.29) is 5.54 Å². The second-order valence-electron chi connectivity index (χ2n) is 5.49. The van der Waals surface area contributed by atoms with E-state index in [9.17, 15) is 0 Å². The largest absolute Gasteiger partial charge is 0.305 e. The first kappa shape index (κ1) is 14.1. The molecule has 1 aromatic rings.